The minimum absolute atomic E-state index is 0.0106. The number of rotatable bonds is 8. The Kier molecular flexibility index (Phi) is 9.72. The molecule has 0 saturated carbocycles. The maximum atomic E-state index is 2.64. The van der Waals surface area contributed by atoms with Gasteiger partial charge in [0.1, 0.15) is 0 Å². The first kappa shape index (κ1) is 38.8. The van der Waals surface area contributed by atoms with Crippen LogP contribution in [-0.4, -0.2) is 14.8 Å². The molecule has 0 amide bonds. The molecule has 2 aliphatic heterocycles. The van der Waals surface area contributed by atoms with Gasteiger partial charge in [-0.05, 0) is 134 Å². The number of fused-ring (bicyclic) bond motifs is 4. The summed E-state index contributed by atoms with van der Waals surface area (Å²) >= 11 is 0. The van der Waals surface area contributed by atoms with E-state index in [2.05, 4.69) is 240 Å². The van der Waals surface area contributed by atoms with Crippen molar-refractivity contribution in [2.24, 2.45) is 0 Å². The van der Waals surface area contributed by atoms with Gasteiger partial charge < -0.3 is 9.80 Å². The number of aryl methyl sites for hydroxylation is 3. The van der Waals surface area contributed by atoms with Gasteiger partial charge in [0.05, 0.1) is 0 Å². The van der Waals surface area contributed by atoms with Gasteiger partial charge in [-0.3, -0.25) is 0 Å². The Morgan fingerprint density at radius 2 is 0.885 bits per heavy atom. The fourth-order valence-electron chi connectivity index (χ4n) is 10.4. The second kappa shape index (κ2) is 15.3. The number of hydrogen-bond acceptors (Lipinski definition) is 2. The van der Waals surface area contributed by atoms with Crippen LogP contribution in [0.2, 0.25) is 0 Å². The smallest absolute Gasteiger partial charge is 0.252 e. The lowest BCUT2D eigenvalue weighted by Crippen LogP contribution is -2.75. The Bertz CT molecular complexity index is 2810. The first-order chi connectivity index (χ1) is 29.6. The van der Waals surface area contributed by atoms with E-state index in [-0.39, 0.29) is 6.71 Å². The van der Waals surface area contributed by atoms with Crippen LogP contribution in [0.1, 0.15) is 67.3 Å². The second-order valence-corrected chi connectivity index (χ2v) is 21.8. The molecule has 2 nitrogen and oxygen atoms in total. The molecule has 0 radical (unpaired) electrons. The van der Waals surface area contributed by atoms with Crippen molar-refractivity contribution in [3.05, 3.63) is 210 Å². The third-order valence-corrected chi connectivity index (χ3v) is 18.1. The summed E-state index contributed by atoms with van der Waals surface area (Å²) in [5, 5.41) is 5.54. The Balaban J connectivity index is 1.33. The van der Waals surface area contributed by atoms with Crippen molar-refractivity contribution in [2.45, 2.75) is 60.3 Å². The SMILES string of the molecule is Cc1ccc(N2c3ccc([Si](c4ccccc4)(c4ccccc4)c4ccccc4)cc3B3c4cc(C(C)C)ccc4N(c4ccc(C(C)C)cc4)c4cc(C)cc2c43)c(C)c1. The largest absolute Gasteiger partial charge is 0.311 e. The zero-order valence-corrected chi connectivity index (χ0v) is 37.4. The van der Waals surface area contributed by atoms with Crippen LogP contribution in [0.15, 0.2) is 182 Å². The highest BCUT2D eigenvalue weighted by Crippen LogP contribution is 2.45. The molecule has 0 unspecified atom stereocenters. The molecular weight excluding hydrogens is 752 g/mol. The summed E-state index contributed by atoms with van der Waals surface area (Å²) in [6.07, 6.45) is 0. The lowest BCUT2D eigenvalue weighted by atomic mass is 9.33. The molecule has 0 saturated heterocycles. The van der Waals surface area contributed by atoms with Gasteiger partial charge in [0.2, 0.25) is 0 Å². The van der Waals surface area contributed by atoms with E-state index in [1.807, 2.05) is 0 Å². The third kappa shape index (κ3) is 6.30. The molecule has 4 heteroatoms. The first-order valence-corrected chi connectivity index (χ1v) is 24.0. The van der Waals surface area contributed by atoms with Gasteiger partial charge in [-0.2, -0.15) is 0 Å². The van der Waals surface area contributed by atoms with Crippen LogP contribution in [-0.2, 0) is 0 Å². The van der Waals surface area contributed by atoms with Gasteiger partial charge in [0, 0.05) is 34.1 Å². The Morgan fingerprint density at radius 3 is 1.44 bits per heavy atom. The van der Waals surface area contributed by atoms with Crippen LogP contribution in [0.25, 0.3) is 0 Å². The van der Waals surface area contributed by atoms with Crippen molar-refractivity contribution in [3.8, 4) is 0 Å². The molecule has 0 fully saturated rings. The first-order valence-electron chi connectivity index (χ1n) is 22.0. The second-order valence-electron chi connectivity index (χ2n) is 18.0. The zero-order valence-electron chi connectivity index (χ0n) is 36.4. The van der Waals surface area contributed by atoms with E-state index in [9.17, 15) is 0 Å². The van der Waals surface area contributed by atoms with Crippen molar-refractivity contribution in [1.82, 2.24) is 0 Å². The monoisotopic (exact) mass is 804 g/mol. The average molecular weight is 805 g/mol. The van der Waals surface area contributed by atoms with Crippen molar-refractivity contribution in [2.75, 3.05) is 9.80 Å². The van der Waals surface area contributed by atoms with Crippen LogP contribution in [0.4, 0.5) is 34.1 Å². The molecule has 2 aliphatic rings. The van der Waals surface area contributed by atoms with E-state index >= 15 is 0 Å². The Hall–Kier alpha value is -6.36. The van der Waals surface area contributed by atoms with Crippen molar-refractivity contribution in [1.29, 1.82) is 0 Å². The van der Waals surface area contributed by atoms with Crippen LogP contribution in [0.3, 0.4) is 0 Å². The standard InChI is InChI=1S/C57H53BN2Si/c1-38(2)43-24-27-45(28-25-43)59-53-31-26-44(39(3)4)36-50(53)58-51-37-49(61(46-17-11-8-12-18-46,47-19-13-9-14-20-47)48-21-15-10-16-22-48)29-32-54(51)60(52-30-23-40(5)33-42(52)7)56-35-41(6)34-55(59)57(56)58/h8-39H,1-7H3. The van der Waals surface area contributed by atoms with E-state index < -0.39 is 8.07 Å². The van der Waals surface area contributed by atoms with E-state index in [4.69, 9.17) is 0 Å². The quantitative estimate of drug-likeness (QED) is 0.112. The maximum Gasteiger partial charge on any atom is 0.252 e. The van der Waals surface area contributed by atoms with Crippen LogP contribution in [0, 0.1) is 20.8 Å². The molecule has 61 heavy (non-hydrogen) atoms. The fraction of sp³-hybridized carbons (Fsp3) is 0.158. The highest BCUT2D eigenvalue weighted by atomic mass is 28.3. The number of nitrogens with zero attached hydrogens (tertiary/aromatic N) is 2. The molecule has 0 bridgehead atoms. The molecule has 0 N–H and O–H groups in total. The third-order valence-electron chi connectivity index (χ3n) is 13.4. The molecule has 298 valence electrons. The summed E-state index contributed by atoms with van der Waals surface area (Å²) in [5.74, 6) is 0.848. The summed E-state index contributed by atoms with van der Waals surface area (Å²) in [6.45, 7) is 15.9. The van der Waals surface area contributed by atoms with Gasteiger partial charge >= 0.3 is 0 Å². The summed E-state index contributed by atoms with van der Waals surface area (Å²) in [4.78, 5) is 5.14. The van der Waals surface area contributed by atoms with Gasteiger partial charge in [-0.15, -0.1) is 0 Å². The molecule has 10 rings (SSSR count). The number of anilines is 6. The number of hydrogen-bond donors (Lipinski definition) is 0. The minimum Gasteiger partial charge on any atom is -0.311 e. The molecular formula is C57H53BN2Si. The lowest BCUT2D eigenvalue weighted by molar-refractivity contribution is 0.866. The predicted molar refractivity (Wildman–Crippen MR) is 266 cm³/mol. The summed E-state index contributed by atoms with van der Waals surface area (Å²) in [6, 6.07) is 70.1. The lowest BCUT2D eigenvalue weighted by Gasteiger charge is -2.45. The predicted octanol–water partition coefficient (Wildman–Crippen LogP) is 10.3. The van der Waals surface area contributed by atoms with Crippen LogP contribution in [0.5, 0.6) is 0 Å². The molecule has 0 atom stereocenters. The molecule has 2 heterocycles. The average Bonchev–Trinajstić information content (AvgIpc) is 3.28. The number of benzene rings is 8. The van der Waals surface area contributed by atoms with Gasteiger partial charge in [0.15, 0.2) is 8.07 Å². The normalized spacial score (nSPS) is 13.0. The van der Waals surface area contributed by atoms with Crippen molar-refractivity contribution < 1.29 is 0 Å². The van der Waals surface area contributed by atoms with E-state index in [1.54, 1.807) is 0 Å². The Labute approximate surface area is 364 Å². The molecule has 8 aromatic carbocycles. The van der Waals surface area contributed by atoms with Gasteiger partial charge in [-0.25, -0.2) is 0 Å². The molecule has 0 aliphatic carbocycles. The molecule has 0 spiro atoms. The highest BCUT2D eigenvalue weighted by Gasteiger charge is 2.47. The van der Waals surface area contributed by atoms with Crippen LogP contribution >= 0.6 is 0 Å². The zero-order chi connectivity index (χ0) is 42.0. The van der Waals surface area contributed by atoms with Crippen molar-refractivity contribution >= 4 is 86.0 Å². The van der Waals surface area contributed by atoms with E-state index in [1.165, 1.54) is 99.1 Å². The minimum atomic E-state index is -2.85. The molecule has 0 aromatic heterocycles. The topological polar surface area (TPSA) is 6.48 Å². The van der Waals surface area contributed by atoms with Gasteiger partial charge in [0.25, 0.3) is 6.71 Å². The molecule has 8 aromatic rings. The van der Waals surface area contributed by atoms with Crippen LogP contribution < -0.4 is 46.9 Å². The summed E-state index contributed by atoms with van der Waals surface area (Å²) < 4.78 is 0. The van der Waals surface area contributed by atoms with E-state index in [0.717, 1.165) is 0 Å². The maximum absolute atomic E-state index is 2.85. The van der Waals surface area contributed by atoms with Crippen molar-refractivity contribution in [3.63, 3.8) is 0 Å². The summed E-state index contributed by atoms with van der Waals surface area (Å²) in [5.41, 5.74) is 18.0. The van der Waals surface area contributed by atoms with E-state index in [0.29, 0.717) is 11.8 Å². The Morgan fingerprint density at radius 1 is 0.393 bits per heavy atom. The highest BCUT2D eigenvalue weighted by molar-refractivity contribution is 7.20. The summed E-state index contributed by atoms with van der Waals surface area (Å²) in [7, 11) is -2.85. The van der Waals surface area contributed by atoms with Gasteiger partial charge in [-0.1, -0.05) is 173 Å². The fourth-order valence-corrected chi connectivity index (χ4v) is 15.2.